The molecule has 5 nitrogen and oxygen atoms in total. The first kappa shape index (κ1) is 17.3. The summed E-state index contributed by atoms with van der Waals surface area (Å²) in [7, 11) is 0. The van der Waals surface area contributed by atoms with Gasteiger partial charge in [0.2, 0.25) is 5.95 Å². The molecule has 0 radical (unpaired) electrons. The zero-order valence-corrected chi connectivity index (χ0v) is 26.8. The molecule has 11 aromatic rings. The van der Waals surface area contributed by atoms with Crippen molar-refractivity contribution in [3.8, 4) is 39.9 Å². The summed E-state index contributed by atoms with van der Waals surface area (Å²) < 4.78 is 139. The van der Waals surface area contributed by atoms with E-state index in [1.54, 1.807) is 66.7 Å². The number of hydrogen-bond acceptors (Lipinski definition) is 5. The van der Waals surface area contributed by atoms with Crippen molar-refractivity contribution in [3.63, 3.8) is 0 Å². The fourth-order valence-corrected chi connectivity index (χ4v) is 7.64. The molecule has 7 aromatic carbocycles. The van der Waals surface area contributed by atoms with Crippen LogP contribution in [0.2, 0.25) is 0 Å². The lowest BCUT2D eigenvalue weighted by Gasteiger charge is -2.11. The van der Waals surface area contributed by atoms with E-state index in [0.717, 1.165) is 11.3 Å². The van der Waals surface area contributed by atoms with Gasteiger partial charge in [0, 0.05) is 52.8 Å². The molecule has 11 rings (SSSR count). The van der Waals surface area contributed by atoms with Crippen LogP contribution in [0.25, 0.3) is 104 Å². The Hall–Kier alpha value is -6.63. The van der Waals surface area contributed by atoms with Crippen LogP contribution in [0, 0.1) is 0 Å². The van der Waals surface area contributed by atoms with Crippen molar-refractivity contribution >= 4 is 75.3 Å². The summed E-state index contributed by atoms with van der Waals surface area (Å²) in [5, 5.41) is 1.03. The Kier molecular flexibility index (Phi) is 3.72. The third-order valence-electron chi connectivity index (χ3n) is 8.85. The van der Waals surface area contributed by atoms with Crippen LogP contribution in [0.4, 0.5) is 0 Å². The number of fused-ring (bicyclic) bond motifs is 10. The summed E-state index contributed by atoms with van der Waals surface area (Å²) in [6, 6.07) is 12.1. The molecule has 0 saturated heterocycles. The van der Waals surface area contributed by atoms with E-state index in [-0.39, 0.29) is 89.3 Å². The Balaban J connectivity index is 1.26. The summed E-state index contributed by atoms with van der Waals surface area (Å²) in [5.74, 6) is 0.0336. The molecule has 0 amide bonds. The van der Waals surface area contributed by atoms with E-state index in [2.05, 4.69) is 0 Å². The minimum atomic E-state index is -0.599. The number of nitrogens with zero attached hydrogens (tertiary/aromatic N) is 4. The predicted molar refractivity (Wildman–Crippen MR) is 211 cm³/mol. The maximum absolute atomic E-state index is 9.36. The van der Waals surface area contributed by atoms with Gasteiger partial charge in [-0.1, -0.05) is 121 Å². The lowest BCUT2D eigenvalue weighted by Crippen LogP contribution is -2.06. The average molecular weight is 686 g/mol. The van der Waals surface area contributed by atoms with Crippen LogP contribution in [-0.4, -0.2) is 19.5 Å². The highest BCUT2D eigenvalue weighted by molar-refractivity contribution is 7.26. The van der Waals surface area contributed by atoms with Gasteiger partial charge in [-0.05, 0) is 47.5 Å². The normalized spacial score (nSPS) is 16.0. The van der Waals surface area contributed by atoms with E-state index in [9.17, 15) is 4.11 Å². The maximum atomic E-state index is 9.36. The summed E-state index contributed by atoms with van der Waals surface area (Å²) in [4.78, 5) is 14.7. The minimum Gasteiger partial charge on any atom is -0.456 e. The molecule has 0 fully saturated rings. The molecule has 0 bridgehead atoms. The molecule has 0 aliphatic heterocycles. The van der Waals surface area contributed by atoms with Crippen molar-refractivity contribution in [1.29, 1.82) is 0 Å². The second-order valence-electron chi connectivity index (χ2n) is 11.7. The zero-order chi connectivity index (χ0) is 46.5. The molecule has 6 heteroatoms. The number of rotatable bonds is 4. The molecule has 0 N–H and O–H groups in total. The van der Waals surface area contributed by atoms with Gasteiger partial charge in [-0.2, -0.15) is 9.97 Å². The first-order valence-electron chi connectivity index (χ1n) is 23.2. The SMILES string of the molecule is [2H]c1c([2H])c([2H])c(-c2cccc3oc4cc(-c5nc(-c6ccccc6)nc(-n6c7c([2H])c([2H])c([2H])c([2H])c7c7c([2H])c([2H])c8sc9c([2H])c([2H])c([2H])c([2H])c9c8c76)n5)ccc4c23)c([2H])c1[2H]. The van der Waals surface area contributed by atoms with Crippen molar-refractivity contribution in [3.05, 3.63) is 157 Å². The second kappa shape index (κ2) is 10.9. The molecule has 0 atom stereocenters. The van der Waals surface area contributed by atoms with Crippen LogP contribution in [-0.2, 0) is 0 Å². The number of benzene rings is 7. The molecular formula is C45H26N4OS. The Morgan fingerprint density at radius 2 is 1.31 bits per heavy atom. The van der Waals surface area contributed by atoms with Gasteiger partial charge < -0.3 is 4.42 Å². The highest BCUT2D eigenvalue weighted by Crippen LogP contribution is 2.43. The molecule has 0 aliphatic carbocycles. The Morgan fingerprint density at radius 3 is 2.20 bits per heavy atom. The standard InChI is InChI=1S/C45H26N4OS/c1-3-12-27(13-4-1)30-18-11-20-36-40(30)33-23-22-29(26-37(33)50-36)44-46-43(28-14-5-2-6-15-28)47-45(48-44)49-35-19-9-7-16-31(35)32-24-25-39-41(42(32)49)34-17-8-10-21-38(34)51-39/h1-26H/i1D,3D,4D,7D,8D,9D,10D,12D,13D,16D,17D,19D,21D,24D,25D. The fraction of sp³-hybridized carbons (Fsp3) is 0. The molecule has 51 heavy (non-hydrogen) atoms. The quantitative estimate of drug-likeness (QED) is 0.185. The van der Waals surface area contributed by atoms with Gasteiger partial charge in [0.1, 0.15) is 11.2 Å². The summed E-state index contributed by atoms with van der Waals surface area (Å²) in [5.41, 5.74) is 1.90. The van der Waals surface area contributed by atoms with E-state index >= 15 is 0 Å². The fourth-order valence-electron chi connectivity index (χ4n) is 6.68. The number of thiophene rings is 1. The van der Waals surface area contributed by atoms with Crippen molar-refractivity contribution in [1.82, 2.24) is 19.5 Å². The van der Waals surface area contributed by atoms with E-state index in [4.69, 9.17) is 35.8 Å². The van der Waals surface area contributed by atoms with Gasteiger partial charge in [-0.15, -0.1) is 11.3 Å². The van der Waals surface area contributed by atoms with Crippen LogP contribution >= 0.6 is 11.3 Å². The van der Waals surface area contributed by atoms with Crippen molar-refractivity contribution in [2.75, 3.05) is 0 Å². The van der Waals surface area contributed by atoms with Gasteiger partial charge in [0.05, 0.1) is 31.6 Å². The molecule has 0 unspecified atom stereocenters. The Labute approximate surface area is 316 Å². The lowest BCUT2D eigenvalue weighted by atomic mass is 9.99. The monoisotopic (exact) mass is 685 g/mol. The van der Waals surface area contributed by atoms with Gasteiger partial charge in [-0.25, -0.2) is 4.98 Å². The zero-order valence-electron chi connectivity index (χ0n) is 41.0. The van der Waals surface area contributed by atoms with Crippen LogP contribution in [0.5, 0.6) is 0 Å². The highest BCUT2D eigenvalue weighted by atomic mass is 32.1. The molecule has 0 spiro atoms. The number of furan rings is 1. The summed E-state index contributed by atoms with van der Waals surface area (Å²) in [6.45, 7) is 0. The van der Waals surface area contributed by atoms with Crippen LogP contribution in [0.15, 0.2) is 162 Å². The highest BCUT2D eigenvalue weighted by Gasteiger charge is 2.22. The van der Waals surface area contributed by atoms with Crippen molar-refractivity contribution < 1.29 is 25.0 Å². The van der Waals surface area contributed by atoms with Gasteiger partial charge >= 0.3 is 0 Å². The topological polar surface area (TPSA) is 56.7 Å². The summed E-state index contributed by atoms with van der Waals surface area (Å²) >= 11 is 0.904. The van der Waals surface area contributed by atoms with Crippen molar-refractivity contribution in [2.45, 2.75) is 0 Å². The molecule has 0 saturated carbocycles. The van der Waals surface area contributed by atoms with Gasteiger partial charge in [0.25, 0.3) is 0 Å². The van der Waals surface area contributed by atoms with Gasteiger partial charge in [-0.3, -0.25) is 4.57 Å². The molecular weight excluding hydrogens is 645 g/mol. The largest absolute Gasteiger partial charge is 0.456 e. The first-order chi connectivity index (χ1) is 31.5. The Morgan fingerprint density at radius 1 is 0.529 bits per heavy atom. The third kappa shape index (κ3) is 4.30. The van der Waals surface area contributed by atoms with Crippen molar-refractivity contribution in [2.24, 2.45) is 0 Å². The number of hydrogen-bond donors (Lipinski definition) is 0. The molecule has 4 aromatic heterocycles. The minimum absolute atomic E-state index is 0.00796. The molecule has 4 heterocycles. The lowest BCUT2D eigenvalue weighted by molar-refractivity contribution is 0.669. The summed E-state index contributed by atoms with van der Waals surface area (Å²) in [6.07, 6.45) is 0. The Bertz CT molecular complexity index is 3990. The van der Waals surface area contributed by atoms with Crippen LogP contribution < -0.4 is 0 Å². The van der Waals surface area contributed by atoms with E-state index in [0.29, 0.717) is 38.6 Å². The maximum Gasteiger partial charge on any atom is 0.238 e. The van der Waals surface area contributed by atoms with E-state index < -0.39 is 66.5 Å². The smallest absolute Gasteiger partial charge is 0.238 e. The van der Waals surface area contributed by atoms with Crippen LogP contribution in [0.1, 0.15) is 20.6 Å². The van der Waals surface area contributed by atoms with E-state index in [1.165, 1.54) is 4.57 Å². The molecule has 0 aliphatic rings. The third-order valence-corrected chi connectivity index (χ3v) is 9.87. The second-order valence-corrected chi connectivity index (χ2v) is 12.7. The van der Waals surface area contributed by atoms with Gasteiger partial charge in [0.15, 0.2) is 11.6 Å². The predicted octanol–water partition coefficient (Wildman–Crippen LogP) is 12.2. The van der Waals surface area contributed by atoms with E-state index in [1.807, 2.05) is 0 Å². The average Bonchev–Trinajstić information content (AvgIpc) is 4.03. The number of para-hydroxylation sites is 1. The first-order valence-corrected chi connectivity index (χ1v) is 16.5. The number of aromatic nitrogens is 4. The van der Waals surface area contributed by atoms with Crippen LogP contribution in [0.3, 0.4) is 0 Å². The molecule has 238 valence electrons.